The van der Waals surface area contributed by atoms with Gasteiger partial charge < -0.3 is 10.4 Å². The van der Waals surface area contributed by atoms with Crippen molar-refractivity contribution >= 4 is 11.8 Å². The molecule has 0 aromatic rings. The van der Waals surface area contributed by atoms with E-state index in [0.29, 0.717) is 6.42 Å². The summed E-state index contributed by atoms with van der Waals surface area (Å²) in [5, 5.41) is 11.2. The number of likely N-dealkylation sites (N-methyl/N-ethyl adjacent to an activating group) is 1. The monoisotopic (exact) mass is 169 g/mol. The lowest BCUT2D eigenvalue weighted by molar-refractivity contribution is -0.150. The number of aliphatic carboxylic acids is 1. The summed E-state index contributed by atoms with van der Waals surface area (Å²) in [5.41, 5.74) is -0.867. The summed E-state index contributed by atoms with van der Waals surface area (Å²) in [6, 6.07) is 0. The van der Waals surface area contributed by atoms with Gasteiger partial charge in [-0.05, 0) is 13.5 Å². The van der Waals surface area contributed by atoms with Crippen molar-refractivity contribution in [2.45, 2.75) is 12.0 Å². The van der Waals surface area contributed by atoms with Gasteiger partial charge in [-0.2, -0.15) is 0 Å². The molecular weight excluding hydrogens is 158 g/mol. The number of hydrogen-bond donors (Lipinski definition) is 2. The summed E-state index contributed by atoms with van der Waals surface area (Å²) < 4.78 is 0. The Morgan fingerprint density at radius 2 is 2.33 bits per heavy atom. The van der Waals surface area contributed by atoms with Crippen LogP contribution < -0.4 is 5.32 Å². The van der Waals surface area contributed by atoms with E-state index in [0.717, 1.165) is 0 Å². The molecule has 0 spiro atoms. The molecule has 4 heteroatoms. The van der Waals surface area contributed by atoms with Crippen molar-refractivity contribution < 1.29 is 14.7 Å². The molecule has 1 aliphatic rings. The maximum atomic E-state index is 11.1. The number of rotatable bonds is 4. The molecule has 66 valence electrons. The van der Waals surface area contributed by atoms with Crippen molar-refractivity contribution in [3.8, 4) is 0 Å². The number of ketones is 1. The smallest absolute Gasteiger partial charge is 0.374 e. The predicted octanol–water partition coefficient (Wildman–Crippen LogP) is -0.196. The Morgan fingerprint density at radius 1 is 1.75 bits per heavy atom. The molecule has 1 aliphatic carbocycles. The van der Waals surface area contributed by atoms with Crippen LogP contribution in [0.3, 0.4) is 0 Å². The van der Waals surface area contributed by atoms with E-state index < -0.39 is 17.3 Å². The summed E-state index contributed by atoms with van der Waals surface area (Å²) in [4.78, 5) is 21.5. The molecule has 0 aliphatic heterocycles. The van der Waals surface area contributed by atoms with Gasteiger partial charge in [-0.25, -0.2) is 4.79 Å². The average Bonchev–Trinajstić information content (AvgIpc) is 2.78. The summed E-state index contributed by atoms with van der Waals surface area (Å²) in [6.45, 7) is 3.52. The molecule has 1 rings (SSSR count). The molecule has 0 heterocycles. The molecule has 0 aromatic carbocycles. The van der Waals surface area contributed by atoms with Crippen LogP contribution in [-0.2, 0) is 9.59 Å². The topological polar surface area (TPSA) is 66.4 Å². The van der Waals surface area contributed by atoms with Crippen LogP contribution in [-0.4, -0.2) is 29.4 Å². The highest BCUT2D eigenvalue weighted by Gasteiger charge is 2.59. The van der Waals surface area contributed by atoms with Crippen LogP contribution in [0.2, 0.25) is 0 Å². The second-order valence-corrected chi connectivity index (χ2v) is 2.90. The van der Waals surface area contributed by atoms with Crippen molar-refractivity contribution in [1.29, 1.82) is 0 Å². The zero-order valence-electron chi connectivity index (χ0n) is 6.83. The molecule has 4 nitrogen and oxygen atoms in total. The van der Waals surface area contributed by atoms with Crippen LogP contribution in [0.4, 0.5) is 0 Å². The second-order valence-electron chi connectivity index (χ2n) is 2.90. The van der Waals surface area contributed by atoms with E-state index >= 15 is 0 Å². The summed E-state index contributed by atoms with van der Waals surface area (Å²) >= 11 is 0. The van der Waals surface area contributed by atoms with Crippen molar-refractivity contribution in [3.63, 3.8) is 0 Å². The number of hydrogen-bond acceptors (Lipinski definition) is 3. The summed E-state index contributed by atoms with van der Waals surface area (Å²) in [6.07, 6.45) is 2.15. The number of Topliss-reactive ketones (excluding diaryl/α,β-unsaturated/α-hetero) is 1. The Balaban J connectivity index is 2.78. The average molecular weight is 169 g/mol. The van der Waals surface area contributed by atoms with Gasteiger partial charge in [-0.1, -0.05) is 6.08 Å². The minimum atomic E-state index is -1.38. The van der Waals surface area contributed by atoms with Gasteiger partial charge in [0.2, 0.25) is 0 Å². The van der Waals surface area contributed by atoms with Gasteiger partial charge in [0.1, 0.15) is 0 Å². The molecule has 0 aromatic heterocycles. The normalized spacial score (nSPS) is 32.6. The van der Waals surface area contributed by atoms with Crippen molar-refractivity contribution in [2.75, 3.05) is 7.05 Å². The minimum Gasteiger partial charge on any atom is -0.475 e. The van der Waals surface area contributed by atoms with Gasteiger partial charge >= 0.3 is 5.97 Å². The second kappa shape index (κ2) is 2.71. The summed E-state index contributed by atoms with van der Waals surface area (Å²) in [5.74, 6) is -2.19. The number of carbonyl (C=O) groups is 2. The lowest BCUT2D eigenvalue weighted by Gasteiger charge is -2.09. The first kappa shape index (κ1) is 8.93. The lowest BCUT2D eigenvalue weighted by atomic mass is 10.1. The molecule has 1 saturated carbocycles. The highest BCUT2D eigenvalue weighted by Crippen LogP contribution is 2.44. The van der Waals surface area contributed by atoms with E-state index in [1.807, 2.05) is 0 Å². The molecule has 0 bridgehead atoms. The zero-order valence-corrected chi connectivity index (χ0v) is 6.83. The molecule has 0 radical (unpaired) electrons. The van der Waals surface area contributed by atoms with E-state index in [1.165, 1.54) is 0 Å². The van der Waals surface area contributed by atoms with Gasteiger partial charge in [-0.15, -0.1) is 6.58 Å². The minimum absolute atomic E-state index is 0.0360. The highest BCUT2D eigenvalue weighted by molar-refractivity contribution is 6.37. The largest absolute Gasteiger partial charge is 0.475 e. The number of carboxylic acids is 1. The third-order valence-electron chi connectivity index (χ3n) is 2.34. The SMILES string of the molecule is C=CC1CC1(NC)C(=O)C(=O)O. The molecule has 0 amide bonds. The predicted molar refractivity (Wildman–Crippen MR) is 42.7 cm³/mol. The maximum Gasteiger partial charge on any atom is 0.374 e. The van der Waals surface area contributed by atoms with Crippen LogP contribution in [0.1, 0.15) is 6.42 Å². The van der Waals surface area contributed by atoms with Gasteiger partial charge in [-0.3, -0.25) is 4.79 Å². The highest BCUT2D eigenvalue weighted by atomic mass is 16.4. The molecule has 0 saturated heterocycles. The van der Waals surface area contributed by atoms with Gasteiger partial charge in [0, 0.05) is 5.92 Å². The van der Waals surface area contributed by atoms with Gasteiger partial charge in [0.05, 0.1) is 5.54 Å². The fraction of sp³-hybridized carbons (Fsp3) is 0.500. The van der Waals surface area contributed by atoms with Crippen molar-refractivity contribution in [2.24, 2.45) is 5.92 Å². The van der Waals surface area contributed by atoms with Crippen molar-refractivity contribution in [1.82, 2.24) is 5.32 Å². The quantitative estimate of drug-likeness (QED) is 0.452. The molecular formula is C8H11NO3. The lowest BCUT2D eigenvalue weighted by Crippen LogP contribution is -2.42. The third-order valence-corrected chi connectivity index (χ3v) is 2.34. The van der Waals surface area contributed by atoms with Crippen molar-refractivity contribution in [3.05, 3.63) is 12.7 Å². The van der Waals surface area contributed by atoms with Crippen LogP contribution in [0.15, 0.2) is 12.7 Å². The van der Waals surface area contributed by atoms with Gasteiger partial charge in [0.25, 0.3) is 5.78 Å². The zero-order chi connectivity index (χ0) is 9.35. The first-order valence-electron chi connectivity index (χ1n) is 3.67. The van der Waals surface area contributed by atoms with E-state index in [2.05, 4.69) is 11.9 Å². The van der Waals surface area contributed by atoms with Crippen LogP contribution >= 0.6 is 0 Å². The molecule has 1 fully saturated rings. The molecule has 2 N–H and O–H groups in total. The fourth-order valence-electron chi connectivity index (χ4n) is 1.43. The number of carboxylic acid groups (broad SMARTS) is 1. The Kier molecular flexibility index (Phi) is 2.02. The standard InChI is InChI=1S/C8H11NO3/c1-3-5-4-8(5,9-2)6(10)7(11)12/h3,5,9H,1,4H2,2H3,(H,11,12). The first-order valence-corrected chi connectivity index (χ1v) is 3.67. The van der Waals surface area contributed by atoms with E-state index in [1.54, 1.807) is 13.1 Å². The number of carbonyl (C=O) groups excluding carboxylic acids is 1. The fourth-order valence-corrected chi connectivity index (χ4v) is 1.43. The third kappa shape index (κ3) is 1.04. The van der Waals surface area contributed by atoms with E-state index in [9.17, 15) is 9.59 Å². The van der Waals surface area contributed by atoms with Crippen LogP contribution in [0.5, 0.6) is 0 Å². The molecule has 2 unspecified atom stereocenters. The molecule has 2 atom stereocenters. The summed E-state index contributed by atoms with van der Waals surface area (Å²) in [7, 11) is 1.59. The Labute approximate surface area is 70.3 Å². The Bertz CT molecular complexity index is 249. The molecule has 12 heavy (non-hydrogen) atoms. The number of nitrogens with one attached hydrogen (secondary N) is 1. The maximum absolute atomic E-state index is 11.1. The van der Waals surface area contributed by atoms with E-state index in [-0.39, 0.29) is 5.92 Å². The Hall–Kier alpha value is -1.16. The van der Waals surface area contributed by atoms with Gasteiger partial charge in [0.15, 0.2) is 0 Å². The first-order chi connectivity index (χ1) is 5.58. The van der Waals surface area contributed by atoms with Crippen LogP contribution in [0, 0.1) is 5.92 Å². The Morgan fingerprint density at radius 3 is 2.58 bits per heavy atom. The van der Waals surface area contributed by atoms with Crippen LogP contribution in [0.25, 0.3) is 0 Å². The van der Waals surface area contributed by atoms with E-state index in [4.69, 9.17) is 5.11 Å².